The van der Waals surface area contributed by atoms with E-state index in [0.717, 1.165) is 12.8 Å². The standard InChI is InChI=1S/C31H49NO11/c1-9-11-21(5)39-29(35)42-25-14-13-24(17-26(25)43-30(36)40-22(6)12-10-2)19-31(32,27(33)37-8)18-23(7)41-28(34)38-16-15-20(3)4/h13-14,17,20-23H,9-12,15-16,18-19,32H2,1-8H3/t21-,22?,23-,31?/m0/s1. The van der Waals surface area contributed by atoms with Crippen LogP contribution in [0.15, 0.2) is 18.2 Å². The molecule has 4 atom stereocenters. The van der Waals surface area contributed by atoms with Gasteiger partial charge in [-0.2, -0.15) is 0 Å². The number of methoxy groups -OCH3 is 1. The lowest BCUT2D eigenvalue weighted by molar-refractivity contribution is -0.148. The number of rotatable bonds is 17. The summed E-state index contributed by atoms with van der Waals surface area (Å²) >= 11 is 0. The fourth-order valence-electron chi connectivity index (χ4n) is 4.24. The molecular formula is C31H49NO11. The normalized spacial score (nSPS) is 14.5. The maximum absolute atomic E-state index is 12.8. The fourth-order valence-corrected chi connectivity index (χ4v) is 4.24. The second-order valence-electron chi connectivity index (χ2n) is 11.2. The number of carbonyl (C=O) groups excluding carboxylic acids is 4. The van der Waals surface area contributed by atoms with Crippen molar-refractivity contribution in [3.05, 3.63) is 23.8 Å². The van der Waals surface area contributed by atoms with E-state index in [9.17, 15) is 19.2 Å². The maximum Gasteiger partial charge on any atom is 0.514 e. The Hall–Kier alpha value is -3.54. The monoisotopic (exact) mass is 611 g/mol. The molecule has 1 rings (SSSR count). The summed E-state index contributed by atoms with van der Waals surface area (Å²) in [6, 6.07) is 4.34. The van der Waals surface area contributed by atoms with E-state index in [1.54, 1.807) is 26.8 Å². The average Bonchev–Trinajstić information content (AvgIpc) is 2.89. The molecule has 0 radical (unpaired) electrons. The Bertz CT molecular complexity index is 1040. The van der Waals surface area contributed by atoms with E-state index in [2.05, 4.69) is 0 Å². The smallest absolute Gasteiger partial charge is 0.468 e. The van der Waals surface area contributed by atoms with E-state index in [-0.39, 0.29) is 37.1 Å². The number of hydrogen-bond donors (Lipinski definition) is 1. The molecule has 0 saturated heterocycles. The van der Waals surface area contributed by atoms with Gasteiger partial charge in [-0.1, -0.05) is 46.6 Å². The summed E-state index contributed by atoms with van der Waals surface area (Å²) in [5.41, 5.74) is 5.30. The largest absolute Gasteiger partial charge is 0.514 e. The van der Waals surface area contributed by atoms with Crippen LogP contribution in [0, 0.1) is 5.92 Å². The molecule has 0 aliphatic heterocycles. The molecule has 1 aromatic carbocycles. The van der Waals surface area contributed by atoms with Crippen LogP contribution in [-0.2, 0) is 34.9 Å². The summed E-state index contributed by atoms with van der Waals surface area (Å²) < 4.78 is 36.6. The zero-order valence-corrected chi connectivity index (χ0v) is 26.8. The molecule has 0 aromatic heterocycles. The van der Waals surface area contributed by atoms with Crippen molar-refractivity contribution in [2.75, 3.05) is 13.7 Å². The van der Waals surface area contributed by atoms with Crippen LogP contribution >= 0.6 is 0 Å². The molecule has 12 heteroatoms. The Morgan fingerprint density at radius 3 is 1.81 bits per heavy atom. The molecule has 0 spiro atoms. The highest BCUT2D eigenvalue weighted by atomic mass is 16.8. The van der Waals surface area contributed by atoms with Gasteiger partial charge in [0.25, 0.3) is 0 Å². The molecule has 0 bridgehead atoms. The van der Waals surface area contributed by atoms with Gasteiger partial charge in [0.05, 0.1) is 13.7 Å². The molecule has 0 fully saturated rings. The Balaban J connectivity index is 3.20. The zero-order valence-electron chi connectivity index (χ0n) is 26.8. The Morgan fingerprint density at radius 2 is 1.30 bits per heavy atom. The van der Waals surface area contributed by atoms with Crippen LogP contribution in [-0.4, -0.2) is 62.0 Å². The third-order valence-corrected chi connectivity index (χ3v) is 6.36. The van der Waals surface area contributed by atoms with Crippen molar-refractivity contribution in [1.82, 2.24) is 0 Å². The minimum absolute atomic E-state index is 0.0981. The van der Waals surface area contributed by atoms with Crippen LogP contribution in [0.1, 0.15) is 92.6 Å². The number of ether oxygens (including phenoxy) is 7. The van der Waals surface area contributed by atoms with E-state index in [1.807, 2.05) is 27.7 Å². The minimum atomic E-state index is -1.64. The van der Waals surface area contributed by atoms with Gasteiger partial charge in [0.15, 0.2) is 11.5 Å². The first kappa shape index (κ1) is 37.5. The molecule has 0 amide bonds. The summed E-state index contributed by atoms with van der Waals surface area (Å²) in [4.78, 5) is 49.8. The highest BCUT2D eigenvalue weighted by Crippen LogP contribution is 2.32. The van der Waals surface area contributed by atoms with Gasteiger partial charge in [-0.3, -0.25) is 4.79 Å². The highest BCUT2D eigenvalue weighted by Gasteiger charge is 2.38. The van der Waals surface area contributed by atoms with Crippen LogP contribution in [0.2, 0.25) is 0 Å². The second-order valence-corrected chi connectivity index (χ2v) is 11.2. The van der Waals surface area contributed by atoms with Crippen LogP contribution in [0.4, 0.5) is 14.4 Å². The van der Waals surface area contributed by atoms with Gasteiger partial charge >= 0.3 is 24.4 Å². The summed E-state index contributed by atoms with van der Waals surface area (Å²) in [5, 5.41) is 0. The lowest BCUT2D eigenvalue weighted by atomic mass is 9.86. The Kier molecular flexibility index (Phi) is 16.5. The first-order valence-electron chi connectivity index (χ1n) is 14.8. The molecule has 2 unspecified atom stereocenters. The molecule has 0 aliphatic rings. The van der Waals surface area contributed by atoms with Gasteiger partial charge in [-0.25, -0.2) is 14.4 Å². The third-order valence-electron chi connectivity index (χ3n) is 6.36. The van der Waals surface area contributed by atoms with Crippen molar-refractivity contribution in [2.24, 2.45) is 11.7 Å². The summed E-state index contributed by atoms with van der Waals surface area (Å²) in [7, 11) is 1.19. The minimum Gasteiger partial charge on any atom is -0.468 e. The summed E-state index contributed by atoms with van der Waals surface area (Å²) in [5.74, 6) is -0.639. The second kappa shape index (κ2) is 18.9. The van der Waals surface area contributed by atoms with Gasteiger partial charge in [0.1, 0.15) is 23.9 Å². The lowest BCUT2D eigenvalue weighted by Crippen LogP contribution is -2.53. The number of esters is 1. The molecule has 1 aromatic rings. The molecule has 0 aliphatic carbocycles. The van der Waals surface area contributed by atoms with Crippen molar-refractivity contribution in [3.8, 4) is 11.5 Å². The molecule has 0 heterocycles. The predicted molar refractivity (Wildman–Crippen MR) is 158 cm³/mol. The SMILES string of the molecule is CCCC(C)OC(=O)Oc1cc(CC(N)(C[C@H](C)OC(=O)OCCC(C)C)C(=O)OC)ccc1OC(=O)O[C@@H](C)CCC. The van der Waals surface area contributed by atoms with Crippen molar-refractivity contribution >= 4 is 24.4 Å². The van der Waals surface area contributed by atoms with E-state index in [1.165, 1.54) is 19.2 Å². The molecule has 244 valence electrons. The van der Waals surface area contributed by atoms with Gasteiger partial charge < -0.3 is 38.9 Å². The third kappa shape index (κ3) is 14.5. The van der Waals surface area contributed by atoms with Crippen LogP contribution in [0.3, 0.4) is 0 Å². The predicted octanol–water partition coefficient (Wildman–Crippen LogP) is 6.49. The topological polar surface area (TPSA) is 159 Å². The van der Waals surface area contributed by atoms with Crippen LogP contribution in [0.5, 0.6) is 11.5 Å². The van der Waals surface area contributed by atoms with E-state index < -0.39 is 42.2 Å². The first-order valence-corrected chi connectivity index (χ1v) is 14.8. The summed E-state index contributed by atoms with van der Waals surface area (Å²) in [6.45, 7) is 13.2. The van der Waals surface area contributed by atoms with Crippen molar-refractivity contribution < 1.29 is 52.3 Å². The molecule has 2 N–H and O–H groups in total. The van der Waals surface area contributed by atoms with Gasteiger partial charge in [-0.05, 0) is 63.6 Å². The van der Waals surface area contributed by atoms with Crippen LogP contribution in [0.25, 0.3) is 0 Å². The average molecular weight is 612 g/mol. The Labute approximate surface area is 254 Å². The van der Waals surface area contributed by atoms with Crippen LogP contribution < -0.4 is 15.2 Å². The van der Waals surface area contributed by atoms with E-state index >= 15 is 0 Å². The van der Waals surface area contributed by atoms with Crippen molar-refractivity contribution in [2.45, 2.75) is 117 Å². The van der Waals surface area contributed by atoms with Gasteiger partial charge in [0, 0.05) is 12.8 Å². The Morgan fingerprint density at radius 1 is 0.767 bits per heavy atom. The zero-order chi connectivity index (χ0) is 32.6. The highest BCUT2D eigenvalue weighted by molar-refractivity contribution is 5.81. The molecular weight excluding hydrogens is 562 g/mol. The van der Waals surface area contributed by atoms with Gasteiger partial charge in [0.2, 0.25) is 0 Å². The fraction of sp³-hybridized carbons (Fsp3) is 0.677. The molecule has 43 heavy (non-hydrogen) atoms. The van der Waals surface area contributed by atoms with E-state index in [0.29, 0.717) is 30.7 Å². The number of hydrogen-bond acceptors (Lipinski definition) is 12. The quantitative estimate of drug-likeness (QED) is 0.116. The number of nitrogens with two attached hydrogens (primary N) is 1. The van der Waals surface area contributed by atoms with Gasteiger partial charge in [-0.15, -0.1) is 0 Å². The molecule has 12 nitrogen and oxygen atoms in total. The number of carbonyl (C=O) groups is 4. The first-order chi connectivity index (χ1) is 20.2. The molecule has 0 saturated carbocycles. The number of benzene rings is 1. The van der Waals surface area contributed by atoms with E-state index in [4.69, 9.17) is 38.9 Å². The summed E-state index contributed by atoms with van der Waals surface area (Å²) in [6.07, 6.45) is -1.08. The van der Waals surface area contributed by atoms with Crippen molar-refractivity contribution in [3.63, 3.8) is 0 Å². The lowest BCUT2D eigenvalue weighted by Gasteiger charge is -2.29. The maximum atomic E-state index is 12.8. The van der Waals surface area contributed by atoms with Crippen molar-refractivity contribution in [1.29, 1.82) is 0 Å².